The fraction of sp³-hybridized carbons (Fsp3) is 0.357. The van der Waals surface area contributed by atoms with Crippen LogP contribution >= 0.6 is 0 Å². The minimum absolute atomic E-state index is 0.0720. The van der Waals surface area contributed by atoms with E-state index in [-0.39, 0.29) is 22.0 Å². The Labute approximate surface area is 128 Å². The molecule has 0 aliphatic carbocycles. The summed E-state index contributed by atoms with van der Waals surface area (Å²) in [6, 6.07) is 4.33. The molecule has 0 amide bonds. The molecule has 2 aromatic rings. The molecule has 1 aromatic carbocycles. The second kappa shape index (κ2) is 6.35. The van der Waals surface area contributed by atoms with Crippen LogP contribution in [-0.4, -0.2) is 20.1 Å². The summed E-state index contributed by atoms with van der Waals surface area (Å²) in [6.07, 6.45) is 0.826. The van der Waals surface area contributed by atoms with Crippen molar-refractivity contribution < 1.29 is 17.3 Å². The quantitative estimate of drug-likeness (QED) is 0.852. The van der Waals surface area contributed by atoms with Crippen LogP contribution in [-0.2, 0) is 10.0 Å². The molecular weight excluding hydrogens is 309 g/mol. The van der Waals surface area contributed by atoms with Crippen molar-refractivity contribution in [2.24, 2.45) is 0 Å². The number of nitrogens with one attached hydrogen (secondary N) is 2. The minimum atomic E-state index is -3.99. The van der Waals surface area contributed by atoms with Gasteiger partial charge in [0.1, 0.15) is 17.2 Å². The smallest absolute Gasteiger partial charge is 0.267 e. The van der Waals surface area contributed by atoms with Gasteiger partial charge in [-0.3, -0.25) is 4.72 Å². The lowest BCUT2D eigenvalue weighted by Gasteiger charge is -2.14. The molecule has 0 aliphatic heterocycles. The zero-order chi connectivity index (χ0) is 16.3. The Morgan fingerprint density at radius 2 is 2.05 bits per heavy atom. The topological polar surface area (TPSA) is 84.2 Å². The van der Waals surface area contributed by atoms with Crippen LogP contribution in [0.5, 0.6) is 0 Å². The third-order valence-electron chi connectivity index (χ3n) is 3.05. The summed E-state index contributed by atoms with van der Waals surface area (Å²) in [5, 5.41) is 6.61. The molecule has 8 heteroatoms. The van der Waals surface area contributed by atoms with Gasteiger partial charge in [0.25, 0.3) is 10.0 Å². The first-order valence-electron chi connectivity index (χ1n) is 6.85. The molecule has 0 radical (unpaired) electrons. The normalized spacial score (nSPS) is 11.5. The molecule has 1 heterocycles. The number of para-hydroxylation sites is 1. The number of aryl methyl sites for hydroxylation is 2. The molecule has 1 aromatic heterocycles. The lowest BCUT2D eigenvalue weighted by Crippen LogP contribution is -2.17. The zero-order valence-corrected chi connectivity index (χ0v) is 13.4. The van der Waals surface area contributed by atoms with Crippen LogP contribution < -0.4 is 10.0 Å². The van der Waals surface area contributed by atoms with E-state index >= 15 is 0 Å². The fourth-order valence-corrected chi connectivity index (χ4v) is 3.50. The molecule has 2 N–H and O–H groups in total. The van der Waals surface area contributed by atoms with Gasteiger partial charge in [-0.2, -0.15) is 0 Å². The van der Waals surface area contributed by atoms with Crippen molar-refractivity contribution in [1.29, 1.82) is 0 Å². The lowest BCUT2D eigenvalue weighted by atomic mass is 10.2. The van der Waals surface area contributed by atoms with Gasteiger partial charge in [-0.25, -0.2) is 12.8 Å². The van der Waals surface area contributed by atoms with Crippen molar-refractivity contribution in [1.82, 2.24) is 5.16 Å². The Kier molecular flexibility index (Phi) is 4.70. The number of halogens is 1. The predicted molar refractivity (Wildman–Crippen MR) is 82.0 cm³/mol. The molecule has 0 bridgehead atoms. The van der Waals surface area contributed by atoms with Gasteiger partial charge in [0.05, 0.1) is 5.69 Å². The van der Waals surface area contributed by atoms with E-state index in [0.717, 1.165) is 6.42 Å². The molecular formula is C14H18FN3O3S. The van der Waals surface area contributed by atoms with Crippen LogP contribution in [0.4, 0.5) is 15.8 Å². The van der Waals surface area contributed by atoms with E-state index in [1.54, 1.807) is 6.07 Å². The monoisotopic (exact) mass is 327 g/mol. The summed E-state index contributed by atoms with van der Waals surface area (Å²) in [5.41, 5.74) is 0.498. The van der Waals surface area contributed by atoms with Crippen molar-refractivity contribution in [2.75, 3.05) is 16.6 Å². The van der Waals surface area contributed by atoms with Gasteiger partial charge in [-0.1, -0.05) is 18.1 Å². The van der Waals surface area contributed by atoms with Gasteiger partial charge in [-0.15, -0.1) is 0 Å². The van der Waals surface area contributed by atoms with Crippen molar-refractivity contribution >= 4 is 21.4 Å². The maximum absolute atomic E-state index is 14.0. The Morgan fingerprint density at radius 3 is 2.64 bits per heavy atom. The molecule has 0 aliphatic rings. The highest BCUT2D eigenvalue weighted by Crippen LogP contribution is 2.29. The third-order valence-corrected chi connectivity index (χ3v) is 4.65. The first-order chi connectivity index (χ1) is 10.4. The van der Waals surface area contributed by atoms with E-state index in [4.69, 9.17) is 4.52 Å². The van der Waals surface area contributed by atoms with E-state index in [1.807, 2.05) is 6.92 Å². The van der Waals surface area contributed by atoms with Gasteiger partial charge >= 0.3 is 0 Å². The van der Waals surface area contributed by atoms with Crippen molar-refractivity contribution in [3.05, 3.63) is 35.5 Å². The summed E-state index contributed by atoms with van der Waals surface area (Å²) in [6.45, 7) is 5.57. The number of aromatic nitrogens is 1. The molecule has 0 unspecified atom stereocenters. The maximum Gasteiger partial charge on any atom is 0.267 e. The Hall–Kier alpha value is -2.09. The number of rotatable bonds is 6. The highest BCUT2D eigenvalue weighted by atomic mass is 32.2. The van der Waals surface area contributed by atoms with Crippen molar-refractivity contribution in [3.63, 3.8) is 0 Å². The number of hydrogen-bond donors (Lipinski definition) is 2. The predicted octanol–water partition coefficient (Wildman–Crippen LogP) is 3.05. The summed E-state index contributed by atoms with van der Waals surface area (Å²) >= 11 is 0. The van der Waals surface area contributed by atoms with E-state index in [2.05, 4.69) is 15.2 Å². The number of anilines is 2. The second-order valence-corrected chi connectivity index (χ2v) is 6.47. The summed E-state index contributed by atoms with van der Waals surface area (Å²) < 4.78 is 46.1. The van der Waals surface area contributed by atoms with Crippen LogP contribution in [0.2, 0.25) is 0 Å². The molecule has 0 atom stereocenters. The van der Waals surface area contributed by atoms with Gasteiger partial charge in [0.15, 0.2) is 10.7 Å². The minimum Gasteiger partial charge on any atom is -0.383 e. The van der Waals surface area contributed by atoms with Crippen LogP contribution in [0, 0.1) is 19.7 Å². The highest BCUT2D eigenvalue weighted by molar-refractivity contribution is 7.92. The molecule has 120 valence electrons. The number of hydrogen-bond acceptors (Lipinski definition) is 5. The standard InChI is InChI=1S/C14H18FN3O3S/c1-4-8-16-12-7-5-6-11(15)13(12)18-22(19,20)14-9(2)17-21-10(14)3/h5-7,16,18H,4,8H2,1-3H3. The first kappa shape index (κ1) is 16.3. The van der Waals surface area contributed by atoms with Gasteiger partial charge in [0.2, 0.25) is 0 Å². The molecule has 0 saturated carbocycles. The van der Waals surface area contributed by atoms with E-state index in [9.17, 15) is 12.8 Å². The first-order valence-corrected chi connectivity index (χ1v) is 8.33. The molecule has 6 nitrogen and oxygen atoms in total. The molecule has 0 spiro atoms. The highest BCUT2D eigenvalue weighted by Gasteiger charge is 2.26. The molecule has 22 heavy (non-hydrogen) atoms. The molecule has 2 rings (SSSR count). The zero-order valence-electron chi connectivity index (χ0n) is 12.6. The average Bonchev–Trinajstić information content (AvgIpc) is 2.79. The van der Waals surface area contributed by atoms with Gasteiger partial charge < -0.3 is 9.84 Å². The van der Waals surface area contributed by atoms with Crippen molar-refractivity contribution in [2.45, 2.75) is 32.1 Å². The number of nitrogens with zero attached hydrogens (tertiary/aromatic N) is 1. The summed E-state index contributed by atoms with van der Waals surface area (Å²) in [4.78, 5) is -0.0720. The van der Waals surface area contributed by atoms with Crippen molar-refractivity contribution in [3.8, 4) is 0 Å². The number of sulfonamides is 1. The second-order valence-electron chi connectivity index (χ2n) is 4.85. The van der Waals surface area contributed by atoms with Crippen LogP contribution in [0.3, 0.4) is 0 Å². The SMILES string of the molecule is CCCNc1cccc(F)c1NS(=O)(=O)c1c(C)noc1C. The van der Waals surface area contributed by atoms with Crippen LogP contribution in [0.15, 0.2) is 27.6 Å². The summed E-state index contributed by atoms with van der Waals surface area (Å²) in [5.74, 6) is -0.499. The third kappa shape index (κ3) is 3.22. The van der Waals surface area contributed by atoms with Gasteiger partial charge in [0, 0.05) is 6.54 Å². The Balaban J connectivity index is 2.42. The van der Waals surface area contributed by atoms with Crippen LogP contribution in [0.25, 0.3) is 0 Å². The Bertz CT molecular complexity index is 752. The van der Waals surface area contributed by atoms with Gasteiger partial charge in [-0.05, 0) is 32.4 Å². The lowest BCUT2D eigenvalue weighted by molar-refractivity contribution is 0.390. The van der Waals surface area contributed by atoms with Crippen LogP contribution in [0.1, 0.15) is 24.8 Å². The fourth-order valence-electron chi connectivity index (χ4n) is 2.08. The molecule has 0 fully saturated rings. The van der Waals surface area contributed by atoms with E-state index < -0.39 is 15.8 Å². The molecule has 0 saturated heterocycles. The largest absolute Gasteiger partial charge is 0.383 e. The summed E-state index contributed by atoms with van der Waals surface area (Å²) in [7, 11) is -3.99. The van der Waals surface area contributed by atoms with E-state index in [0.29, 0.717) is 12.2 Å². The maximum atomic E-state index is 14.0. The number of benzene rings is 1. The van der Waals surface area contributed by atoms with E-state index in [1.165, 1.54) is 26.0 Å². The Morgan fingerprint density at radius 1 is 1.32 bits per heavy atom. The average molecular weight is 327 g/mol.